The molecule has 0 atom stereocenters. The number of hydrogen-bond donors (Lipinski definition) is 1. The van der Waals surface area contributed by atoms with Gasteiger partial charge in [0.1, 0.15) is 0 Å². The van der Waals surface area contributed by atoms with E-state index >= 15 is 0 Å². The summed E-state index contributed by atoms with van der Waals surface area (Å²) in [5.74, 6) is 0. The predicted octanol–water partition coefficient (Wildman–Crippen LogP) is 3.20. The Bertz CT molecular complexity index is 690. The lowest BCUT2D eigenvalue weighted by Crippen LogP contribution is -2.32. The standard InChI is InChI=1S/C20H24N2/c1-15-5-6-18-13-22(10-8-17(18)11-15)14-19-4-2-3-16-7-9-21-12-20(16)19/h2-6,11,21H,7-10,12-14H2,1H3. The summed E-state index contributed by atoms with van der Waals surface area (Å²) < 4.78 is 0. The van der Waals surface area contributed by atoms with E-state index in [1.165, 1.54) is 36.1 Å². The number of fused-ring (bicyclic) bond motifs is 2. The lowest BCUT2D eigenvalue weighted by Gasteiger charge is -2.30. The Hall–Kier alpha value is -1.64. The molecule has 2 aromatic carbocycles. The maximum Gasteiger partial charge on any atom is 0.0240 e. The van der Waals surface area contributed by atoms with Gasteiger partial charge in [-0.3, -0.25) is 4.90 Å². The van der Waals surface area contributed by atoms with Crippen molar-refractivity contribution in [1.82, 2.24) is 10.2 Å². The Morgan fingerprint density at radius 2 is 2.00 bits per heavy atom. The molecular weight excluding hydrogens is 268 g/mol. The number of nitrogens with zero attached hydrogens (tertiary/aromatic N) is 1. The van der Waals surface area contributed by atoms with Crippen LogP contribution in [0.5, 0.6) is 0 Å². The number of benzene rings is 2. The van der Waals surface area contributed by atoms with E-state index in [-0.39, 0.29) is 0 Å². The van der Waals surface area contributed by atoms with Gasteiger partial charge >= 0.3 is 0 Å². The summed E-state index contributed by atoms with van der Waals surface area (Å²) in [6, 6.07) is 13.8. The molecule has 0 saturated carbocycles. The minimum atomic E-state index is 1.04. The van der Waals surface area contributed by atoms with Crippen LogP contribution in [0.25, 0.3) is 0 Å². The number of hydrogen-bond acceptors (Lipinski definition) is 2. The largest absolute Gasteiger partial charge is 0.312 e. The second-order valence-corrected chi connectivity index (χ2v) is 6.71. The molecule has 2 aliphatic rings. The molecule has 4 rings (SSSR count). The topological polar surface area (TPSA) is 15.3 Å². The molecule has 0 aliphatic carbocycles. The first-order valence-corrected chi connectivity index (χ1v) is 8.41. The Kier molecular flexibility index (Phi) is 3.73. The van der Waals surface area contributed by atoms with Crippen LogP contribution in [0, 0.1) is 6.92 Å². The molecule has 0 fully saturated rings. The molecule has 2 heteroatoms. The van der Waals surface area contributed by atoms with E-state index in [1.807, 2.05) is 0 Å². The highest BCUT2D eigenvalue weighted by Crippen LogP contribution is 2.24. The highest BCUT2D eigenvalue weighted by molar-refractivity contribution is 5.38. The number of rotatable bonds is 2. The first kappa shape index (κ1) is 14.0. The zero-order valence-corrected chi connectivity index (χ0v) is 13.4. The maximum atomic E-state index is 3.52. The summed E-state index contributed by atoms with van der Waals surface area (Å²) in [6.45, 7) is 7.69. The van der Waals surface area contributed by atoms with Gasteiger partial charge in [0.25, 0.3) is 0 Å². The minimum absolute atomic E-state index is 1.04. The van der Waals surface area contributed by atoms with Gasteiger partial charge < -0.3 is 5.32 Å². The molecule has 0 amide bonds. The summed E-state index contributed by atoms with van der Waals surface area (Å²) in [5.41, 5.74) is 9.05. The Balaban J connectivity index is 1.54. The average Bonchev–Trinajstić information content (AvgIpc) is 2.55. The van der Waals surface area contributed by atoms with Crippen LogP contribution >= 0.6 is 0 Å². The van der Waals surface area contributed by atoms with Crippen LogP contribution in [0.3, 0.4) is 0 Å². The second kappa shape index (κ2) is 5.86. The van der Waals surface area contributed by atoms with Gasteiger partial charge in [-0.15, -0.1) is 0 Å². The zero-order chi connectivity index (χ0) is 14.9. The molecule has 0 radical (unpaired) electrons. The third-order valence-corrected chi connectivity index (χ3v) is 5.09. The van der Waals surface area contributed by atoms with Gasteiger partial charge in [-0.2, -0.15) is 0 Å². The van der Waals surface area contributed by atoms with Gasteiger partial charge in [-0.1, -0.05) is 42.0 Å². The monoisotopic (exact) mass is 292 g/mol. The van der Waals surface area contributed by atoms with Crippen LogP contribution in [0.4, 0.5) is 0 Å². The lowest BCUT2D eigenvalue weighted by atomic mass is 9.94. The van der Waals surface area contributed by atoms with E-state index in [9.17, 15) is 0 Å². The molecule has 22 heavy (non-hydrogen) atoms. The normalized spacial score (nSPS) is 17.9. The Morgan fingerprint density at radius 1 is 1.05 bits per heavy atom. The summed E-state index contributed by atoms with van der Waals surface area (Å²) in [6.07, 6.45) is 2.36. The molecule has 2 aliphatic heterocycles. The van der Waals surface area contributed by atoms with E-state index < -0.39 is 0 Å². The van der Waals surface area contributed by atoms with Crippen LogP contribution in [0.1, 0.15) is 33.4 Å². The van der Waals surface area contributed by atoms with Gasteiger partial charge in [-0.25, -0.2) is 0 Å². The van der Waals surface area contributed by atoms with Crippen molar-refractivity contribution in [3.63, 3.8) is 0 Å². The first-order chi connectivity index (χ1) is 10.8. The van der Waals surface area contributed by atoms with E-state index in [1.54, 1.807) is 16.7 Å². The number of nitrogens with one attached hydrogen (secondary N) is 1. The van der Waals surface area contributed by atoms with Crippen molar-refractivity contribution in [3.8, 4) is 0 Å². The fraction of sp³-hybridized carbons (Fsp3) is 0.400. The fourth-order valence-electron chi connectivity index (χ4n) is 3.85. The van der Waals surface area contributed by atoms with Crippen molar-refractivity contribution >= 4 is 0 Å². The molecule has 0 saturated heterocycles. The Morgan fingerprint density at radius 3 is 2.95 bits per heavy atom. The third-order valence-electron chi connectivity index (χ3n) is 5.09. The van der Waals surface area contributed by atoms with Crippen molar-refractivity contribution in [1.29, 1.82) is 0 Å². The summed E-state index contributed by atoms with van der Waals surface area (Å²) in [5, 5.41) is 3.52. The second-order valence-electron chi connectivity index (χ2n) is 6.71. The molecule has 0 bridgehead atoms. The summed E-state index contributed by atoms with van der Waals surface area (Å²) in [7, 11) is 0. The van der Waals surface area contributed by atoms with Crippen LogP contribution in [-0.4, -0.2) is 18.0 Å². The highest BCUT2D eigenvalue weighted by atomic mass is 15.1. The number of aryl methyl sites for hydroxylation is 1. The third kappa shape index (κ3) is 2.69. The molecule has 0 spiro atoms. The van der Waals surface area contributed by atoms with E-state index in [2.05, 4.69) is 53.5 Å². The van der Waals surface area contributed by atoms with Gasteiger partial charge in [0.05, 0.1) is 0 Å². The van der Waals surface area contributed by atoms with Crippen molar-refractivity contribution in [3.05, 3.63) is 69.8 Å². The van der Waals surface area contributed by atoms with Gasteiger partial charge in [0, 0.05) is 26.2 Å². The SMILES string of the molecule is Cc1ccc2c(c1)CCN(Cc1cccc3c1CNCC3)C2. The fourth-order valence-corrected chi connectivity index (χ4v) is 3.85. The van der Waals surface area contributed by atoms with Gasteiger partial charge in [-0.05, 0) is 54.1 Å². The molecular formula is C20H24N2. The molecule has 2 heterocycles. The highest BCUT2D eigenvalue weighted by Gasteiger charge is 2.19. The average molecular weight is 292 g/mol. The molecule has 0 aromatic heterocycles. The van der Waals surface area contributed by atoms with E-state index in [0.29, 0.717) is 0 Å². The van der Waals surface area contributed by atoms with Crippen LogP contribution in [-0.2, 0) is 32.5 Å². The molecule has 2 aromatic rings. The molecule has 0 unspecified atom stereocenters. The minimum Gasteiger partial charge on any atom is -0.312 e. The smallest absolute Gasteiger partial charge is 0.0240 e. The molecule has 1 N–H and O–H groups in total. The summed E-state index contributed by atoms with van der Waals surface area (Å²) in [4.78, 5) is 2.60. The van der Waals surface area contributed by atoms with Crippen LogP contribution in [0.15, 0.2) is 36.4 Å². The zero-order valence-electron chi connectivity index (χ0n) is 13.4. The Labute approximate surface area is 133 Å². The molecule has 2 nitrogen and oxygen atoms in total. The van der Waals surface area contributed by atoms with E-state index in [4.69, 9.17) is 0 Å². The maximum absolute atomic E-state index is 3.52. The predicted molar refractivity (Wildman–Crippen MR) is 90.8 cm³/mol. The van der Waals surface area contributed by atoms with Crippen molar-refractivity contribution in [2.45, 2.75) is 39.4 Å². The van der Waals surface area contributed by atoms with Crippen LogP contribution < -0.4 is 5.32 Å². The lowest BCUT2D eigenvalue weighted by molar-refractivity contribution is 0.244. The van der Waals surface area contributed by atoms with Crippen molar-refractivity contribution in [2.75, 3.05) is 13.1 Å². The van der Waals surface area contributed by atoms with Crippen molar-refractivity contribution in [2.24, 2.45) is 0 Å². The van der Waals surface area contributed by atoms with Gasteiger partial charge in [0.15, 0.2) is 0 Å². The van der Waals surface area contributed by atoms with Crippen molar-refractivity contribution < 1.29 is 0 Å². The molecule has 114 valence electrons. The van der Waals surface area contributed by atoms with E-state index in [0.717, 1.165) is 26.2 Å². The first-order valence-electron chi connectivity index (χ1n) is 8.41. The summed E-state index contributed by atoms with van der Waals surface area (Å²) >= 11 is 0. The quantitative estimate of drug-likeness (QED) is 0.914. The van der Waals surface area contributed by atoms with Gasteiger partial charge in [0.2, 0.25) is 0 Å². The van der Waals surface area contributed by atoms with Crippen LogP contribution in [0.2, 0.25) is 0 Å².